The minimum atomic E-state index is -3.83. The van der Waals surface area contributed by atoms with Crippen molar-refractivity contribution >= 4 is 24.5 Å². The first-order valence-electron chi connectivity index (χ1n) is 6.68. The molecule has 2 aromatic rings. The number of hydrogen-bond acceptors (Lipinski definition) is 4. The Morgan fingerprint density at radius 2 is 2.00 bits per heavy atom. The number of carboxylic acids is 1. The summed E-state index contributed by atoms with van der Waals surface area (Å²) in [7, 11) is -2.65. The van der Waals surface area contributed by atoms with Gasteiger partial charge in [0.15, 0.2) is 0 Å². The van der Waals surface area contributed by atoms with Crippen LogP contribution in [0, 0.1) is 0 Å². The largest absolute Gasteiger partial charge is 0.478 e. The Morgan fingerprint density at radius 3 is 2.59 bits per heavy atom. The first kappa shape index (κ1) is 16.6. The quantitative estimate of drug-likeness (QED) is 0.821. The number of rotatable bonds is 5. The van der Waals surface area contributed by atoms with Gasteiger partial charge in [-0.3, -0.25) is 9.55 Å². The number of aromatic carboxylic acids is 1. The lowest BCUT2D eigenvalue weighted by atomic mass is 10.0. The Labute approximate surface area is 128 Å². The van der Waals surface area contributed by atoms with Gasteiger partial charge in [0.25, 0.3) is 0 Å². The highest BCUT2D eigenvalue weighted by Gasteiger charge is 2.40. The van der Waals surface area contributed by atoms with Crippen molar-refractivity contribution in [2.45, 2.75) is 25.4 Å². The van der Waals surface area contributed by atoms with Crippen molar-refractivity contribution in [1.82, 2.24) is 4.98 Å². The van der Waals surface area contributed by atoms with E-state index in [4.69, 9.17) is 4.52 Å². The molecule has 0 bridgehead atoms. The van der Waals surface area contributed by atoms with Crippen molar-refractivity contribution in [3.63, 3.8) is 0 Å². The maximum atomic E-state index is 12.1. The summed E-state index contributed by atoms with van der Waals surface area (Å²) < 4.78 is 16.8. The van der Waals surface area contributed by atoms with Gasteiger partial charge < -0.3 is 14.5 Å². The van der Waals surface area contributed by atoms with Crippen molar-refractivity contribution in [2.75, 3.05) is 7.11 Å². The number of aromatic nitrogens is 1. The maximum Gasteiger partial charge on any atom is 0.336 e. The zero-order valence-corrected chi connectivity index (χ0v) is 13.5. The van der Waals surface area contributed by atoms with E-state index >= 15 is 0 Å². The summed E-state index contributed by atoms with van der Waals surface area (Å²) >= 11 is 0. The van der Waals surface area contributed by atoms with Crippen LogP contribution in [0.15, 0.2) is 30.3 Å². The lowest BCUT2D eigenvalue weighted by molar-refractivity contribution is 0.0698. The summed E-state index contributed by atoms with van der Waals surface area (Å²) in [5.41, 5.74) is 1.10. The van der Waals surface area contributed by atoms with Gasteiger partial charge in [-0.25, -0.2) is 4.79 Å². The van der Waals surface area contributed by atoms with Gasteiger partial charge in [0.1, 0.15) is 0 Å². The number of carbonyl (C=O) groups is 1. The number of pyridine rings is 1. The van der Waals surface area contributed by atoms with Crippen molar-refractivity contribution in [3.8, 4) is 0 Å². The number of benzene rings is 1. The van der Waals surface area contributed by atoms with Gasteiger partial charge in [0.2, 0.25) is 0 Å². The second-order valence-corrected chi connectivity index (χ2v) is 8.29. The zero-order valence-electron chi connectivity index (χ0n) is 12.6. The standard InChI is InChI=1S/C15H18NO5P/c1-15(2,22(19,20)21-3)9-10-8-12(14(17)18)11-6-4-5-7-13(11)16-10/h4-8H,9H2,1-3H3,(H,17,18)(H,19,20). The first-order valence-corrected chi connectivity index (χ1v) is 8.26. The highest BCUT2D eigenvalue weighted by Crippen LogP contribution is 2.55. The minimum absolute atomic E-state index is 0.125. The summed E-state index contributed by atoms with van der Waals surface area (Å²) in [6.45, 7) is 3.18. The molecule has 2 N–H and O–H groups in total. The number of nitrogens with zero attached hydrogens (tertiary/aromatic N) is 1. The Bertz CT molecular complexity index is 772. The third-order valence-corrected chi connectivity index (χ3v) is 5.81. The molecule has 118 valence electrons. The van der Waals surface area contributed by atoms with E-state index in [-0.39, 0.29) is 12.0 Å². The third-order valence-electron chi connectivity index (χ3n) is 3.63. The molecular formula is C15H18NO5P. The summed E-state index contributed by atoms with van der Waals surface area (Å²) in [4.78, 5) is 25.7. The van der Waals surface area contributed by atoms with Crippen LogP contribution in [0.2, 0.25) is 0 Å². The van der Waals surface area contributed by atoms with Crippen molar-refractivity contribution < 1.29 is 23.9 Å². The topological polar surface area (TPSA) is 96.7 Å². The molecular weight excluding hydrogens is 305 g/mol. The van der Waals surface area contributed by atoms with E-state index in [1.807, 2.05) is 0 Å². The molecule has 1 atom stereocenters. The molecule has 0 radical (unpaired) electrons. The summed E-state index contributed by atoms with van der Waals surface area (Å²) in [5, 5.41) is 8.82. The Kier molecular flexibility index (Phi) is 4.38. The van der Waals surface area contributed by atoms with E-state index in [0.29, 0.717) is 16.6 Å². The molecule has 2 rings (SSSR count). The van der Waals surface area contributed by atoms with E-state index in [1.165, 1.54) is 13.2 Å². The predicted octanol–water partition coefficient (Wildman–Crippen LogP) is 3.09. The van der Waals surface area contributed by atoms with Gasteiger partial charge in [-0.15, -0.1) is 0 Å². The molecule has 0 amide bonds. The first-order chi connectivity index (χ1) is 10.2. The molecule has 0 saturated heterocycles. The maximum absolute atomic E-state index is 12.1. The molecule has 6 nitrogen and oxygen atoms in total. The fourth-order valence-corrected chi connectivity index (χ4v) is 3.14. The monoisotopic (exact) mass is 323 g/mol. The van der Waals surface area contributed by atoms with Crippen LogP contribution in [0.1, 0.15) is 29.9 Å². The molecule has 0 aliphatic rings. The van der Waals surface area contributed by atoms with Crippen LogP contribution < -0.4 is 0 Å². The molecule has 22 heavy (non-hydrogen) atoms. The molecule has 1 heterocycles. The van der Waals surface area contributed by atoms with Gasteiger partial charge in [-0.05, 0) is 26.0 Å². The molecule has 1 aromatic heterocycles. The zero-order chi connectivity index (χ0) is 16.5. The smallest absolute Gasteiger partial charge is 0.336 e. The third kappa shape index (κ3) is 3.04. The SMILES string of the molecule is COP(=O)(O)C(C)(C)Cc1cc(C(=O)O)c2ccccc2n1. The molecule has 0 fully saturated rings. The van der Waals surface area contributed by atoms with Crippen molar-refractivity contribution in [3.05, 3.63) is 41.6 Å². The van der Waals surface area contributed by atoms with E-state index in [0.717, 1.165) is 0 Å². The second-order valence-electron chi connectivity index (χ2n) is 5.68. The van der Waals surface area contributed by atoms with Crippen LogP contribution in [-0.4, -0.2) is 33.2 Å². The van der Waals surface area contributed by atoms with Crippen LogP contribution in [0.4, 0.5) is 0 Å². The normalized spacial score (nSPS) is 14.7. The van der Waals surface area contributed by atoms with Crippen LogP contribution in [-0.2, 0) is 15.5 Å². The summed E-state index contributed by atoms with van der Waals surface area (Å²) in [5.74, 6) is -1.06. The average molecular weight is 323 g/mol. The number of para-hydroxylation sites is 1. The predicted molar refractivity (Wildman–Crippen MR) is 83.3 cm³/mol. The van der Waals surface area contributed by atoms with Gasteiger partial charge >= 0.3 is 13.6 Å². The fraction of sp³-hybridized carbons (Fsp3) is 0.333. The second kappa shape index (κ2) is 5.80. The number of carboxylic acid groups (broad SMARTS) is 1. The molecule has 0 spiro atoms. The highest BCUT2D eigenvalue weighted by atomic mass is 31.2. The van der Waals surface area contributed by atoms with Crippen LogP contribution in [0.5, 0.6) is 0 Å². The Balaban J connectivity index is 2.53. The lowest BCUT2D eigenvalue weighted by Gasteiger charge is -2.28. The van der Waals surface area contributed by atoms with E-state index in [9.17, 15) is 19.4 Å². The molecule has 1 aromatic carbocycles. The van der Waals surface area contributed by atoms with E-state index in [1.54, 1.807) is 38.1 Å². The van der Waals surface area contributed by atoms with Gasteiger partial charge in [0, 0.05) is 24.6 Å². The fourth-order valence-electron chi connectivity index (χ4n) is 2.29. The molecule has 0 saturated carbocycles. The minimum Gasteiger partial charge on any atom is -0.478 e. The van der Waals surface area contributed by atoms with Gasteiger partial charge in [-0.1, -0.05) is 18.2 Å². The summed E-state index contributed by atoms with van der Waals surface area (Å²) in [6, 6.07) is 8.36. The van der Waals surface area contributed by atoms with E-state index in [2.05, 4.69) is 4.98 Å². The Morgan fingerprint density at radius 1 is 1.36 bits per heavy atom. The molecule has 1 unspecified atom stereocenters. The lowest BCUT2D eigenvalue weighted by Crippen LogP contribution is -2.25. The van der Waals surface area contributed by atoms with Crippen LogP contribution in [0.25, 0.3) is 10.9 Å². The van der Waals surface area contributed by atoms with E-state index < -0.39 is 18.7 Å². The van der Waals surface area contributed by atoms with Crippen molar-refractivity contribution in [1.29, 1.82) is 0 Å². The Hall–Kier alpha value is -1.75. The van der Waals surface area contributed by atoms with Crippen LogP contribution in [0.3, 0.4) is 0 Å². The van der Waals surface area contributed by atoms with Gasteiger partial charge in [-0.2, -0.15) is 0 Å². The van der Waals surface area contributed by atoms with Crippen molar-refractivity contribution in [2.24, 2.45) is 0 Å². The molecule has 0 aliphatic heterocycles. The highest BCUT2D eigenvalue weighted by molar-refractivity contribution is 7.54. The number of hydrogen-bond donors (Lipinski definition) is 2. The average Bonchev–Trinajstić information content (AvgIpc) is 2.45. The molecule has 7 heteroatoms. The number of fused-ring (bicyclic) bond motifs is 1. The summed E-state index contributed by atoms with van der Waals surface area (Å²) in [6.07, 6.45) is 0.125. The molecule has 0 aliphatic carbocycles. The van der Waals surface area contributed by atoms with Crippen LogP contribution >= 0.6 is 7.60 Å². The van der Waals surface area contributed by atoms with Gasteiger partial charge in [0.05, 0.1) is 16.2 Å².